The highest BCUT2D eigenvalue weighted by molar-refractivity contribution is 6.08. The monoisotopic (exact) mass is 273 g/mol. The van der Waals surface area contributed by atoms with E-state index in [1.54, 1.807) is 0 Å². The first-order chi connectivity index (χ1) is 10.2. The molecule has 102 valence electrons. The van der Waals surface area contributed by atoms with Gasteiger partial charge in [-0.1, -0.05) is 30.3 Å². The second-order valence-electron chi connectivity index (χ2n) is 5.27. The lowest BCUT2D eigenvalue weighted by molar-refractivity contribution is 0.889. The molecule has 0 aliphatic heterocycles. The second-order valence-corrected chi connectivity index (χ2v) is 5.27. The minimum Gasteiger partial charge on any atom is -0.399 e. The fourth-order valence-electron chi connectivity index (χ4n) is 2.88. The van der Waals surface area contributed by atoms with Crippen molar-refractivity contribution >= 4 is 27.4 Å². The van der Waals surface area contributed by atoms with E-state index in [2.05, 4.69) is 43.3 Å². The maximum absolute atomic E-state index is 5.77. The van der Waals surface area contributed by atoms with Gasteiger partial charge in [-0.15, -0.1) is 0 Å². The number of nitrogens with zero attached hydrogens (tertiary/aromatic N) is 2. The highest BCUT2D eigenvalue weighted by Gasteiger charge is 2.11. The van der Waals surface area contributed by atoms with Crippen molar-refractivity contribution in [2.45, 2.75) is 6.92 Å². The van der Waals surface area contributed by atoms with Crippen molar-refractivity contribution in [3.05, 3.63) is 66.4 Å². The highest BCUT2D eigenvalue weighted by Crippen LogP contribution is 2.29. The Balaban J connectivity index is 2.08. The maximum atomic E-state index is 5.77. The van der Waals surface area contributed by atoms with Gasteiger partial charge < -0.3 is 5.73 Å². The Hall–Kier alpha value is -2.81. The lowest BCUT2D eigenvalue weighted by Gasteiger charge is -2.05. The Bertz CT molecular complexity index is 949. The summed E-state index contributed by atoms with van der Waals surface area (Å²) in [6.07, 6.45) is 0. The largest absolute Gasteiger partial charge is 0.399 e. The van der Waals surface area contributed by atoms with E-state index >= 15 is 0 Å². The molecule has 0 unspecified atom stereocenters. The van der Waals surface area contributed by atoms with E-state index in [0.29, 0.717) is 0 Å². The van der Waals surface area contributed by atoms with Gasteiger partial charge in [-0.3, -0.25) is 0 Å². The SMILES string of the molecule is Cc1nn(-c2ccc(N)cc2)c2ccc3ccccc3c12. The van der Waals surface area contributed by atoms with Crippen molar-refractivity contribution in [1.82, 2.24) is 9.78 Å². The van der Waals surface area contributed by atoms with Gasteiger partial charge in [-0.25, -0.2) is 4.68 Å². The first-order valence-electron chi connectivity index (χ1n) is 6.97. The average molecular weight is 273 g/mol. The van der Waals surface area contributed by atoms with E-state index in [1.165, 1.54) is 16.2 Å². The molecule has 1 aromatic heterocycles. The number of benzene rings is 3. The Morgan fingerprint density at radius 1 is 0.905 bits per heavy atom. The lowest BCUT2D eigenvalue weighted by Crippen LogP contribution is -1.96. The molecule has 3 heteroatoms. The summed E-state index contributed by atoms with van der Waals surface area (Å²) in [5, 5.41) is 8.41. The Morgan fingerprint density at radius 3 is 2.48 bits per heavy atom. The first-order valence-corrected chi connectivity index (χ1v) is 6.97. The fourth-order valence-corrected chi connectivity index (χ4v) is 2.88. The quantitative estimate of drug-likeness (QED) is 0.531. The summed E-state index contributed by atoms with van der Waals surface area (Å²) in [7, 11) is 0. The van der Waals surface area contributed by atoms with Crippen LogP contribution in [0, 0.1) is 6.92 Å². The molecule has 2 N–H and O–H groups in total. The molecule has 0 saturated carbocycles. The van der Waals surface area contributed by atoms with Crippen molar-refractivity contribution in [3.8, 4) is 5.69 Å². The smallest absolute Gasteiger partial charge is 0.0750 e. The molecule has 0 atom stereocenters. The van der Waals surface area contributed by atoms with Gasteiger partial charge in [0.15, 0.2) is 0 Å². The predicted molar refractivity (Wildman–Crippen MR) is 87.7 cm³/mol. The van der Waals surface area contributed by atoms with E-state index in [4.69, 9.17) is 10.8 Å². The third-order valence-corrected chi connectivity index (χ3v) is 3.88. The second kappa shape index (κ2) is 4.35. The van der Waals surface area contributed by atoms with E-state index in [1.807, 2.05) is 28.9 Å². The lowest BCUT2D eigenvalue weighted by atomic mass is 10.1. The molecule has 3 aromatic carbocycles. The summed E-state index contributed by atoms with van der Waals surface area (Å²) in [5.74, 6) is 0. The van der Waals surface area contributed by atoms with Gasteiger partial charge in [0.05, 0.1) is 16.9 Å². The summed E-state index contributed by atoms with van der Waals surface area (Å²) >= 11 is 0. The van der Waals surface area contributed by atoms with E-state index < -0.39 is 0 Å². The molecule has 0 aliphatic carbocycles. The number of anilines is 1. The van der Waals surface area contributed by atoms with E-state index in [-0.39, 0.29) is 0 Å². The number of hydrogen-bond acceptors (Lipinski definition) is 2. The fraction of sp³-hybridized carbons (Fsp3) is 0.0556. The Labute approximate surface area is 122 Å². The molecule has 0 aliphatic rings. The van der Waals surface area contributed by atoms with Crippen molar-refractivity contribution in [2.75, 3.05) is 5.73 Å². The Morgan fingerprint density at radius 2 is 1.67 bits per heavy atom. The number of aromatic nitrogens is 2. The molecular weight excluding hydrogens is 258 g/mol. The average Bonchev–Trinajstić information content (AvgIpc) is 2.86. The van der Waals surface area contributed by atoms with Crippen LogP contribution in [0.5, 0.6) is 0 Å². The van der Waals surface area contributed by atoms with Crippen LogP contribution < -0.4 is 5.73 Å². The van der Waals surface area contributed by atoms with Crippen molar-refractivity contribution in [3.63, 3.8) is 0 Å². The van der Waals surface area contributed by atoms with Crippen LogP contribution in [0.1, 0.15) is 5.69 Å². The molecule has 21 heavy (non-hydrogen) atoms. The molecular formula is C18H15N3. The third-order valence-electron chi connectivity index (χ3n) is 3.88. The summed E-state index contributed by atoms with van der Waals surface area (Å²) in [5.41, 5.74) is 9.72. The molecule has 4 rings (SSSR count). The molecule has 0 bridgehead atoms. The van der Waals surface area contributed by atoms with Crippen molar-refractivity contribution < 1.29 is 0 Å². The van der Waals surface area contributed by atoms with Gasteiger partial charge in [0.25, 0.3) is 0 Å². The summed E-state index contributed by atoms with van der Waals surface area (Å²) < 4.78 is 1.98. The van der Waals surface area contributed by atoms with E-state index in [0.717, 1.165) is 22.6 Å². The molecule has 0 fully saturated rings. The van der Waals surface area contributed by atoms with Crippen molar-refractivity contribution in [1.29, 1.82) is 0 Å². The van der Waals surface area contributed by atoms with Crippen LogP contribution in [0.4, 0.5) is 5.69 Å². The number of nitrogen functional groups attached to an aromatic ring is 1. The van der Waals surface area contributed by atoms with E-state index in [9.17, 15) is 0 Å². The van der Waals surface area contributed by atoms with Crippen LogP contribution in [0.2, 0.25) is 0 Å². The number of aryl methyl sites for hydroxylation is 1. The molecule has 0 radical (unpaired) electrons. The number of fused-ring (bicyclic) bond motifs is 3. The number of rotatable bonds is 1. The zero-order chi connectivity index (χ0) is 14.4. The summed E-state index contributed by atoms with van der Waals surface area (Å²) in [4.78, 5) is 0. The molecule has 3 nitrogen and oxygen atoms in total. The van der Waals surface area contributed by atoms with Gasteiger partial charge in [0, 0.05) is 11.1 Å². The summed E-state index contributed by atoms with van der Waals surface area (Å²) in [6.45, 7) is 2.06. The van der Waals surface area contributed by atoms with Gasteiger partial charge >= 0.3 is 0 Å². The normalized spacial score (nSPS) is 11.3. The van der Waals surface area contributed by atoms with Crippen LogP contribution in [0.25, 0.3) is 27.4 Å². The topological polar surface area (TPSA) is 43.8 Å². The number of nitrogens with two attached hydrogens (primary N) is 1. The van der Waals surface area contributed by atoms with Crippen LogP contribution in [-0.4, -0.2) is 9.78 Å². The third kappa shape index (κ3) is 1.78. The minimum atomic E-state index is 0.761. The van der Waals surface area contributed by atoms with Crippen LogP contribution in [-0.2, 0) is 0 Å². The van der Waals surface area contributed by atoms with Crippen molar-refractivity contribution in [2.24, 2.45) is 0 Å². The van der Waals surface area contributed by atoms with Gasteiger partial charge in [0.1, 0.15) is 0 Å². The zero-order valence-electron chi connectivity index (χ0n) is 11.7. The maximum Gasteiger partial charge on any atom is 0.0750 e. The standard InChI is InChI=1S/C18H15N3/c1-12-18-16-5-3-2-4-13(16)6-11-17(18)21(20-12)15-9-7-14(19)8-10-15/h2-11H,19H2,1H3. The van der Waals surface area contributed by atoms with Crippen LogP contribution in [0.15, 0.2) is 60.7 Å². The zero-order valence-corrected chi connectivity index (χ0v) is 11.7. The predicted octanol–water partition coefficient (Wildman–Crippen LogP) is 4.07. The molecule has 4 aromatic rings. The molecule has 0 amide bonds. The summed E-state index contributed by atoms with van der Waals surface area (Å²) in [6, 6.07) is 20.5. The first kappa shape index (κ1) is 12.0. The minimum absolute atomic E-state index is 0.761. The number of hydrogen-bond donors (Lipinski definition) is 1. The van der Waals surface area contributed by atoms with Gasteiger partial charge in [-0.2, -0.15) is 5.10 Å². The Kier molecular flexibility index (Phi) is 2.48. The molecule has 0 spiro atoms. The highest BCUT2D eigenvalue weighted by atomic mass is 15.3. The molecule has 1 heterocycles. The van der Waals surface area contributed by atoms with Gasteiger partial charge in [0.2, 0.25) is 0 Å². The molecule has 0 saturated heterocycles. The van der Waals surface area contributed by atoms with Gasteiger partial charge in [-0.05, 0) is 48.0 Å². The van der Waals surface area contributed by atoms with Crippen LogP contribution in [0.3, 0.4) is 0 Å². The van der Waals surface area contributed by atoms with Crippen LogP contribution >= 0.6 is 0 Å².